The average molecular weight is 380 g/mol. The van der Waals surface area contributed by atoms with Gasteiger partial charge in [-0.3, -0.25) is 0 Å². The molecule has 0 radical (unpaired) electrons. The topological polar surface area (TPSA) is 77.5 Å². The van der Waals surface area contributed by atoms with Gasteiger partial charge < -0.3 is 15.8 Å². The summed E-state index contributed by atoms with van der Waals surface area (Å²) in [5.74, 6) is 1.29. The number of nitrogens with two attached hydrogens (primary N) is 1. The fourth-order valence-corrected chi connectivity index (χ4v) is 2.94. The molecule has 2 aromatic carbocycles. The first-order chi connectivity index (χ1) is 13.1. The molecule has 0 atom stereocenters. The molecule has 0 unspecified atom stereocenters. The van der Waals surface area contributed by atoms with Crippen LogP contribution in [0.15, 0.2) is 60.7 Å². The summed E-state index contributed by atoms with van der Waals surface area (Å²) in [5, 5.41) is 8.63. The molecule has 0 bridgehead atoms. The van der Waals surface area contributed by atoms with Gasteiger partial charge in [-0.1, -0.05) is 35.9 Å². The first-order valence-corrected chi connectivity index (χ1v) is 8.80. The molecule has 6 nitrogen and oxygen atoms in total. The van der Waals surface area contributed by atoms with Crippen molar-refractivity contribution in [1.29, 1.82) is 0 Å². The second kappa shape index (κ2) is 7.17. The summed E-state index contributed by atoms with van der Waals surface area (Å²) in [6, 6.07) is 19.0. The number of methoxy groups -OCH3 is 1. The smallest absolute Gasteiger partial charge is 0.243 e. The van der Waals surface area contributed by atoms with E-state index in [0.29, 0.717) is 23.8 Å². The Hall–Kier alpha value is -3.25. The molecule has 4 aromatic rings. The molecular formula is C20H18ClN5O. The molecular weight excluding hydrogens is 362 g/mol. The number of hydrogen-bond acceptors (Lipinski definition) is 5. The van der Waals surface area contributed by atoms with E-state index in [-0.39, 0.29) is 0 Å². The van der Waals surface area contributed by atoms with E-state index in [4.69, 9.17) is 22.1 Å². The van der Waals surface area contributed by atoms with Gasteiger partial charge in [-0.05, 0) is 42.0 Å². The van der Waals surface area contributed by atoms with Gasteiger partial charge in [-0.2, -0.15) is 4.52 Å². The first-order valence-electron chi connectivity index (χ1n) is 8.42. The molecule has 0 amide bonds. The van der Waals surface area contributed by atoms with Crippen molar-refractivity contribution >= 4 is 28.8 Å². The Labute approximate surface area is 161 Å². The van der Waals surface area contributed by atoms with E-state index >= 15 is 0 Å². The van der Waals surface area contributed by atoms with E-state index in [1.165, 1.54) is 0 Å². The van der Waals surface area contributed by atoms with Crippen molar-refractivity contribution in [2.45, 2.75) is 6.54 Å². The molecule has 3 N–H and O–H groups in total. The minimum absolute atomic E-state index is 0.574. The fourth-order valence-electron chi connectivity index (χ4n) is 2.81. The maximum absolute atomic E-state index is 5.93. The maximum Gasteiger partial charge on any atom is 0.243 e. The van der Waals surface area contributed by atoms with Gasteiger partial charge in [0.15, 0.2) is 5.65 Å². The lowest BCUT2D eigenvalue weighted by Gasteiger charge is -2.07. The number of benzene rings is 2. The highest BCUT2D eigenvalue weighted by atomic mass is 35.5. The van der Waals surface area contributed by atoms with E-state index in [2.05, 4.69) is 15.4 Å². The molecule has 0 saturated carbocycles. The van der Waals surface area contributed by atoms with E-state index in [9.17, 15) is 0 Å². The maximum atomic E-state index is 5.93. The summed E-state index contributed by atoms with van der Waals surface area (Å²) in [6.07, 6.45) is 0. The van der Waals surface area contributed by atoms with Gasteiger partial charge in [-0.15, -0.1) is 5.10 Å². The molecule has 0 aliphatic rings. The van der Waals surface area contributed by atoms with Gasteiger partial charge in [0.25, 0.3) is 0 Å². The predicted octanol–water partition coefficient (Wildman–Crippen LogP) is 4.25. The van der Waals surface area contributed by atoms with Crippen molar-refractivity contribution in [1.82, 2.24) is 14.6 Å². The number of imidazole rings is 1. The molecule has 4 rings (SSSR count). The third kappa shape index (κ3) is 3.52. The van der Waals surface area contributed by atoms with Gasteiger partial charge in [0.1, 0.15) is 11.5 Å². The van der Waals surface area contributed by atoms with Crippen LogP contribution in [0.2, 0.25) is 5.02 Å². The Balaban J connectivity index is 1.65. The quantitative estimate of drug-likeness (QED) is 0.507. The summed E-state index contributed by atoms with van der Waals surface area (Å²) in [7, 11) is 1.61. The number of nitrogen functional groups attached to an aromatic ring is 1. The number of anilines is 2. The molecule has 0 fully saturated rings. The molecule has 0 saturated heterocycles. The Kier molecular flexibility index (Phi) is 4.56. The SMILES string of the molecule is COc1c(-c2ccc(N)cc2)nc2ccc(NCc3ccc(Cl)cc3)nn12. The van der Waals surface area contributed by atoms with Crippen LogP contribution in [0.1, 0.15) is 5.56 Å². The van der Waals surface area contributed by atoms with Crippen LogP contribution < -0.4 is 15.8 Å². The predicted molar refractivity (Wildman–Crippen MR) is 108 cm³/mol. The van der Waals surface area contributed by atoms with Gasteiger partial charge in [-0.25, -0.2) is 4.98 Å². The van der Waals surface area contributed by atoms with Crippen LogP contribution in [-0.4, -0.2) is 21.7 Å². The monoisotopic (exact) mass is 379 g/mol. The van der Waals surface area contributed by atoms with Crippen LogP contribution in [0.25, 0.3) is 16.9 Å². The lowest BCUT2D eigenvalue weighted by Crippen LogP contribution is -2.04. The van der Waals surface area contributed by atoms with Gasteiger partial charge in [0.2, 0.25) is 5.88 Å². The molecule has 0 aliphatic heterocycles. The van der Waals surface area contributed by atoms with Gasteiger partial charge in [0, 0.05) is 22.8 Å². The molecule has 0 aliphatic carbocycles. The van der Waals surface area contributed by atoms with Crippen LogP contribution in [0.3, 0.4) is 0 Å². The van der Waals surface area contributed by atoms with Crippen molar-refractivity contribution in [2.24, 2.45) is 0 Å². The van der Waals surface area contributed by atoms with Crippen molar-refractivity contribution in [3.05, 3.63) is 71.2 Å². The largest absolute Gasteiger partial charge is 0.479 e. The normalized spacial score (nSPS) is 10.9. The highest BCUT2D eigenvalue weighted by Crippen LogP contribution is 2.30. The van der Waals surface area contributed by atoms with Crippen molar-refractivity contribution in [3.63, 3.8) is 0 Å². The Morgan fingerprint density at radius 2 is 1.78 bits per heavy atom. The summed E-state index contributed by atoms with van der Waals surface area (Å²) < 4.78 is 7.27. The van der Waals surface area contributed by atoms with Gasteiger partial charge >= 0.3 is 0 Å². The number of nitrogens with one attached hydrogen (secondary N) is 1. The Bertz CT molecular complexity index is 1070. The lowest BCUT2D eigenvalue weighted by molar-refractivity contribution is 0.389. The number of aromatic nitrogens is 3. The number of rotatable bonds is 5. The molecule has 2 heterocycles. The van der Waals surface area contributed by atoms with Crippen LogP contribution in [0.4, 0.5) is 11.5 Å². The third-order valence-corrected chi connectivity index (χ3v) is 4.45. The third-order valence-electron chi connectivity index (χ3n) is 4.20. The van der Waals surface area contributed by atoms with Crippen LogP contribution in [0, 0.1) is 0 Å². The van der Waals surface area contributed by atoms with Crippen LogP contribution >= 0.6 is 11.6 Å². The number of halogens is 1. The van der Waals surface area contributed by atoms with Crippen molar-refractivity contribution in [3.8, 4) is 17.1 Å². The zero-order valence-electron chi connectivity index (χ0n) is 14.7. The molecule has 136 valence electrons. The average Bonchev–Trinajstić information content (AvgIpc) is 3.06. The molecule has 27 heavy (non-hydrogen) atoms. The number of ether oxygens (including phenoxy) is 1. The number of hydrogen-bond donors (Lipinski definition) is 2. The summed E-state index contributed by atoms with van der Waals surface area (Å²) in [5.41, 5.74) is 9.93. The highest BCUT2D eigenvalue weighted by molar-refractivity contribution is 6.30. The zero-order chi connectivity index (χ0) is 18.8. The molecule has 2 aromatic heterocycles. The highest BCUT2D eigenvalue weighted by Gasteiger charge is 2.16. The zero-order valence-corrected chi connectivity index (χ0v) is 15.4. The van der Waals surface area contributed by atoms with Crippen LogP contribution in [0.5, 0.6) is 5.88 Å². The number of nitrogens with zero attached hydrogens (tertiary/aromatic N) is 3. The van der Waals surface area contributed by atoms with Crippen LogP contribution in [-0.2, 0) is 6.54 Å². The van der Waals surface area contributed by atoms with E-state index in [1.54, 1.807) is 11.6 Å². The first kappa shape index (κ1) is 17.2. The van der Waals surface area contributed by atoms with Gasteiger partial charge in [0.05, 0.1) is 7.11 Å². The summed E-state index contributed by atoms with van der Waals surface area (Å²) >= 11 is 5.93. The lowest BCUT2D eigenvalue weighted by atomic mass is 10.1. The minimum atomic E-state index is 0.574. The summed E-state index contributed by atoms with van der Waals surface area (Å²) in [4.78, 5) is 4.64. The van der Waals surface area contributed by atoms with E-state index in [1.807, 2.05) is 60.7 Å². The standard InChI is InChI=1S/C20H18ClN5O/c1-27-20-19(14-4-8-16(22)9-5-14)24-18-11-10-17(25-26(18)20)23-12-13-2-6-15(21)7-3-13/h2-11H,12,22H2,1H3,(H,23,25). The molecule has 0 spiro atoms. The van der Waals surface area contributed by atoms with E-state index in [0.717, 1.165) is 27.7 Å². The Morgan fingerprint density at radius 3 is 2.48 bits per heavy atom. The van der Waals surface area contributed by atoms with Crippen molar-refractivity contribution < 1.29 is 4.74 Å². The van der Waals surface area contributed by atoms with Crippen molar-refractivity contribution in [2.75, 3.05) is 18.2 Å². The number of fused-ring (bicyclic) bond motifs is 1. The summed E-state index contributed by atoms with van der Waals surface area (Å²) in [6.45, 7) is 0.636. The van der Waals surface area contributed by atoms with E-state index < -0.39 is 0 Å². The second-order valence-corrected chi connectivity index (χ2v) is 6.50. The Morgan fingerprint density at radius 1 is 1.04 bits per heavy atom. The molecule has 7 heteroatoms. The minimum Gasteiger partial charge on any atom is -0.479 e. The second-order valence-electron chi connectivity index (χ2n) is 6.06. The fraction of sp³-hybridized carbons (Fsp3) is 0.100.